The number of nitrogens with zero attached hydrogens (tertiary/aromatic N) is 3. The number of para-hydroxylation sites is 1. The maximum absolute atomic E-state index is 11.8. The van der Waals surface area contributed by atoms with Crippen molar-refractivity contribution in [2.45, 2.75) is 13.5 Å². The van der Waals surface area contributed by atoms with E-state index < -0.39 is 5.97 Å². The van der Waals surface area contributed by atoms with Gasteiger partial charge in [0.1, 0.15) is 0 Å². The second-order valence-electron chi connectivity index (χ2n) is 7.58. The van der Waals surface area contributed by atoms with Crippen molar-refractivity contribution in [2.75, 3.05) is 6.61 Å². The standard InChI is InChI=1S/C25H20N4O4S.2Na.2H/c1-2-33-24-26-20-9-5-8-19(23(30)31)21(20)29(24)14-15-10-12-16(13-11-15)17-6-3-4-7-18(17)22-27-25(32)34-28-22;;;;/h3-13H,2,14H2,1H3,(H,30,31)(H,27,28,32);;;;/q;2*+1;2*-1. The molecule has 11 heteroatoms. The molecule has 0 aliphatic carbocycles. The van der Waals surface area contributed by atoms with Crippen LogP contribution in [0.15, 0.2) is 71.5 Å². The van der Waals surface area contributed by atoms with Gasteiger partial charge in [0.05, 0.1) is 29.7 Å². The molecular formula is C25H22N4Na2O4S. The second-order valence-corrected chi connectivity index (χ2v) is 8.31. The molecule has 36 heavy (non-hydrogen) atoms. The molecule has 8 nitrogen and oxygen atoms in total. The molecule has 0 fully saturated rings. The number of H-pyrrole nitrogens is 1. The van der Waals surface area contributed by atoms with Crippen LogP contribution in [0.25, 0.3) is 33.5 Å². The van der Waals surface area contributed by atoms with Crippen molar-refractivity contribution in [1.29, 1.82) is 0 Å². The minimum Gasteiger partial charge on any atom is -1.00 e. The van der Waals surface area contributed by atoms with Crippen molar-refractivity contribution >= 4 is 28.5 Å². The van der Waals surface area contributed by atoms with E-state index in [9.17, 15) is 14.7 Å². The molecule has 2 N–H and O–H groups in total. The fourth-order valence-electron chi connectivity index (χ4n) is 3.98. The van der Waals surface area contributed by atoms with Crippen LogP contribution in [0, 0.1) is 0 Å². The number of aromatic nitrogens is 4. The Morgan fingerprint density at radius 3 is 2.42 bits per heavy atom. The number of rotatable bonds is 7. The molecule has 0 saturated heterocycles. The number of imidazole rings is 1. The molecule has 0 aliphatic heterocycles. The molecular weight excluding hydrogens is 498 g/mol. The van der Waals surface area contributed by atoms with Gasteiger partial charge in [-0.2, -0.15) is 9.36 Å². The van der Waals surface area contributed by atoms with Crippen LogP contribution in [0.3, 0.4) is 0 Å². The molecule has 174 valence electrons. The summed E-state index contributed by atoms with van der Waals surface area (Å²) < 4.78 is 11.7. The van der Waals surface area contributed by atoms with Crippen LogP contribution >= 0.6 is 11.5 Å². The summed E-state index contributed by atoms with van der Waals surface area (Å²) in [6.07, 6.45) is 0. The first kappa shape index (κ1) is 28.3. The van der Waals surface area contributed by atoms with Gasteiger partial charge >= 0.3 is 70.0 Å². The van der Waals surface area contributed by atoms with Crippen LogP contribution in [0.2, 0.25) is 0 Å². The molecule has 0 amide bonds. The number of aromatic carboxylic acids is 1. The van der Waals surface area contributed by atoms with Crippen LogP contribution < -0.4 is 68.7 Å². The molecule has 2 heterocycles. The maximum Gasteiger partial charge on any atom is 1.00 e. The number of carboxylic acids is 1. The fraction of sp³-hybridized carbons (Fsp3) is 0.120. The number of hydrogen-bond donors (Lipinski definition) is 2. The van der Waals surface area contributed by atoms with Gasteiger partial charge in [-0.05, 0) is 35.7 Å². The Morgan fingerprint density at radius 1 is 1.06 bits per heavy atom. The van der Waals surface area contributed by atoms with E-state index in [1.54, 1.807) is 22.8 Å². The van der Waals surface area contributed by atoms with E-state index in [1.807, 2.05) is 55.5 Å². The van der Waals surface area contributed by atoms with E-state index >= 15 is 0 Å². The van der Waals surface area contributed by atoms with Crippen LogP contribution in [-0.2, 0) is 6.54 Å². The van der Waals surface area contributed by atoms with Gasteiger partial charge in [-0.25, -0.2) is 4.79 Å². The van der Waals surface area contributed by atoms with Gasteiger partial charge in [0.15, 0.2) is 5.82 Å². The van der Waals surface area contributed by atoms with Gasteiger partial charge < -0.3 is 12.7 Å². The molecule has 0 spiro atoms. The summed E-state index contributed by atoms with van der Waals surface area (Å²) in [7, 11) is 0. The number of ether oxygens (including phenoxy) is 1. The van der Waals surface area contributed by atoms with Crippen LogP contribution in [0.4, 0.5) is 0 Å². The van der Waals surface area contributed by atoms with Gasteiger partial charge in [-0.15, -0.1) is 0 Å². The number of fused-ring (bicyclic) bond motifs is 1. The predicted molar refractivity (Wildman–Crippen MR) is 133 cm³/mol. The summed E-state index contributed by atoms with van der Waals surface area (Å²) in [4.78, 5) is 30.5. The quantitative estimate of drug-likeness (QED) is 0.264. The molecule has 2 aromatic heterocycles. The zero-order valence-corrected chi connectivity index (χ0v) is 25.0. The van der Waals surface area contributed by atoms with Crippen molar-refractivity contribution in [3.05, 3.63) is 87.5 Å². The first-order chi connectivity index (χ1) is 16.5. The smallest absolute Gasteiger partial charge is 1.00 e. The van der Waals surface area contributed by atoms with Gasteiger partial charge in [-0.3, -0.25) is 14.3 Å². The molecule has 0 saturated carbocycles. The molecule has 0 radical (unpaired) electrons. The zero-order valence-electron chi connectivity index (χ0n) is 22.2. The molecule has 0 bridgehead atoms. The number of hydrogen-bond acceptors (Lipinski definition) is 6. The van der Waals surface area contributed by atoms with E-state index in [-0.39, 0.29) is 72.4 Å². The molecule has 0 aliphatic rings. The Kier molecular flexibility index (Phi) is 9.71. The van der Waals surface area contributed by atoms with Gasteiger partial charge in [0.25, 0.3) is 6.01 Å². The largest absolute Gasteiger partial charge is 1.00 e. The van der Waals surface area contributed by atoms with Crippen LogP contribution in [0.5, 0.6) is 6.01 Å². The van der Waals surface area contributed by atoms with Crippen molar-refractivity contribution in [3.63, 3.8) is 0 Å². The summed E-state index contributed by atoms with van der Waals surface area (Å²) in [5.41, 5.74) is 5.01. The summed E-state index contributed by atoms with van der Waals surface area (Å²) >= 11 is 0.894. The van der Waals surface area contributed by atoms with Crippen LogP contribution in [0.1, 0.15) is 25.7 Å². The van der Waals surface area contributed by atoms with Gasteiger partial charge in [0, 0.05) is 17.1 Å². The monoisotopic (exact) mass is 520 g/mol. The predicted octanol–water partition coefficient (Wildman–Crippen LogP) is -1.11. The molecule has 3 aromatic carbocycles. The third-order valence-electron chi connectivity index (χ3n) is 5.46. The van der Waals surface area contributed by atoms with E-state index in [0.29, 0.717) is 36.0 Å². The van der Waals surface area contributed by atoms with Crippen molar-refractivity contribution in [2.24, 2.45) is 0 Å². The summed E-state index contributed by atoms with van der Waals surface area (Å²) in [6, 6.07) is 21.1. The Morgan fingerprint density at radius 2 is 1.78 bits per heavy atom. The Labute approximate surface area is 258 Å². The van der Waals surface area contributed by atoms with Crippen LogP contribution in [-0.4, -0.2) is 36.6 Å². The first-order valence-electron chi connectivity index (χ1n) is 10.6. The molecule has 0 atom stereocenters. The number of nitrogens with one attached hydrogen (secondary N) is 1. The minimum atomic E-state index is -1.01. The Bertz CT molecular complexity index is 1570. The summed E-state index contributed by atoms with van der Waals surface area (Å²) in [5, 5.41) is 9.69. The van der Waals surface area contributed by atoms with E-state index in [1.165, 1.54) is 0 Å². The topological polar surface area (TPSA) is 110 Å². The van der Waals surface area contributed by atoms with E-state index in [2.05, 4.69) is 14.3 Å². The average Bonchev–Trinajstić information content (AvgIpc) is 3.43. The summed E-state index contributed by atoms with van der Waals surface area (Å²) in [6.45, 7) is 2.68. The summed E-state index contributed by atoms with van der Waals surface area (Å²) in [5.74, 6) is -0.469. The molecule has 5 aromatic rings. The second kappa shape index (κ2) is 12.3. The van der Waals surface area contributed by atoms with E-state index in [0.717, 1.165) is 33.8 Å². The SMILES string of the molecule is CCOc1nc2cccc(C(=O)O)c2n1Cc1ccc(-c2ccccc2-c2nsc(=O)[nH]2)cc1.[H-].[H-].[Na+].[Na+]. The van der Waals surface area contributed by atoms with Crippen molar-refractivity contribution in [3.8, 4) is 28.5 Å². The Hall–Kier alpha value is -2.24. The van der Waals surface area contributed by atoms with Gasteiger partial charge in [0.2, 0.25) is 0 Å². The minimum absolute atomic E-state index is 0. The first-order valence-corrected chi connectivity index (χ1v) is 11.4. The number of carboxylic acid groups (broad SMARTS) is 1. The zero-order chi connectivity index (χ0) is 23.7. The number of carbonyl (C=O) groups is 1. The van der Waals surface area contributed by atoms with E-state index in [4.69, 9.17) is 4.74 Å². The normalized spacial score (nSPS) is 10.5. The third kappa shape index (κ3) is 5.68. The molecule has 0 unspecified atom stereocenters. The average molecular weight is 521 g/mol. The van der Waals surface area contributed by atoms with Gasteiger partial charge in [-0.1, -0.05) is 54.6 Å². The Balaban J connectivity index is 0.00000180. The number of benzene rings is 3. The van der Waals surface area contributed by atoms with Crippen molar-refractivity contribution in [1.82, 2.24) is 18.9 Å². The fourth-order valence-corrected chi connectivity index (χ4v) is 4.44. The van der Waals surface area contributed by atoms with Crippen molar-refractivity contribution < 1.29 is 76.6 Å². The third-order valence-corrected chi connectivity index (χ3v) is 6.01. The molecule has 5 rings (SSSR count). The maximum atomic E-state index is 11.8. The number of aromatic amines is 1.